The van der Waals surface area contributed by atoms with Gasteiger partial charge in [0.05, 0.1) is 10.4 Å². The maximum Gasteiger partial charge on any atom is 0.244 e. The molecule has 0 unspecified atom stereocenters. The molecule has 0 aliphatic carbocycles. The lowest BCUT2D eigenvalue weighted by Gasteiger charge is -2.15. The zero-order valence-corrected chi connectivity index (χ0v) is 20.1. The van der Waals surface area contributed by atoms with Gasteiger partial charge >= 0.3 is 0 Å². The summed E-state index contributed by atoms with van der Waals surface area (Å²) in [6, 6.07) is 19.1. The molecule has 0 fully saturated rings. The van der Waals surface area contributed by atoms with E-state index < -0.39 is 15.3 Å². The van der Waals surface area contributed by atoms with Gasteiger partial charge in [0.1, 0.15) is 11.4 Å². The fourth-order valence-electron chi connectivity index (χ4n) is 3.80. The number of sulfone groups is 1. The summed E-state index contributed by atoms with van der Waals surface area (Å²) in [7, 11) is -4.08. The van der Waals surface area contributed by atoms with Crippen molar-refractivity contribution in [2.24, 2.45) is 0 Å². The van der Waals surface area contributed by atoms with Gasteiger partial charge in [0, 0.05) is 17.3 Å². The Morgan fingerprint density at radius 2 is 1.53 bits per heavy atom. The predicted octanol–water partition coefficient (Wildman–Crippen LogP) is 4.65. The molecule has 4 aromatic rings. The minimum absolute atomic E-state index is 0.0388. The van der Waals surface area contributed by atoms with Crippen LogP contribution in [-0.4, -0.2) is 18.9 Å². The highest BCUT2D eigenvalue weighted by Gasteiger charge is 2.24. The molecule has 1 amide bonds. The van der Waals surface area contributed by atoms with Gasteiger partial charge in [-0.2, -0.15) is 0 Å². The topological polar surface area (TPSA) is 85.2 Å². The molecule has 0 bridgehead atoms. The van der Waals surface area contributed by atoms with Crippen molar-refractivity contribution in [3.8, 4) is 0 Å². The summed E-state index contributed by atoms with van der Waals surface area (Å²) in [5.41, 5.74) is 3.47. The number of rotatable bonds is 6. The fourth-order valence-corrected chi connectivity index (χ4v) is 5.16. The van der Waals surface area contributed by atoms with Gasteiger partial charge in [-0.05, 0) is 62.2 Å². The summed E-state index contributed by atoms with van der Waals surface area (Å²) in [5.74, 6) is -0.327. The molecule has 0 spiro atoms. The van der Waals surface area contributed by atoms with Gasteiger partial charge in [-0.3, -0.25) is 9.59 Å². The lowest BCUT2D eigenvalue weighted by molar-refractivity contribution is -0.116. The quantitative estimate of drug-likeness (QED) is 0.441. The maximum atomic E-state index is 13.4. The van der Waals surface area contributed by atoms with Crippen LogP contribution >= 0.6 is 0 Å². The van der Waals surface area contributed by atoms with Gasteiger partial charge in [0.15, 0.2) is 0 Å². The fraction of sp³-hybridized carbons (Fsp3) is 0.185. The largest absolute Gasteiger partial charge is 0.336 e. The normalized spacial score (nSPS) is 11.5. The highest BCUT2D eigenvalue weighted by atomic mass is 32.2. The van der Waals surface area contributed by atoms with Crippen LogP contribution in [0.25, 0.3) is 10.9 Å². The molecule has 7 heteroatoms. The molecular formula is C27H26N2O4S. The number of benzene rings is 3. The van der Waals surface area contributed by atoms with E-state index in [1.807, 2.05) is 39.0 Å². The van der Waals surface area contributed by atoms with Crippen molar-refractivity contribution in [1.29, 1.82) is 0 Å². The highest BCUT2D eigenvalue weighted by molar-refractivity contribution is 7.91. The van der Waals surface area contributed by atoms with E-state index in [0.29, 0.717) is 17.6 Å². The number of nitrogens with one attached hydrogen (secondary N) is 1. The Balaban J connectivity index is 1.83. The smallest absolute Gasteiger partial charge is 0.244 e. The van der Waals surface area contributed by atoms with Crippen LogP contribution in [0, 0.1) is 13.8 Å². The number of pyridine rings is 1. The molecule has 0 radical (unpaired) electrons. The van der Waals surface area contributed by atoms with Crippen molar-refractivity contribution >= 4 is 32.3 Å². The van der Waals surface area contributed by atoms with Crippen molar-refractivity contribution in [2.45, 2.75) is 43.5 Å². The first kappa shape index (κ1) is 23.4. The van der Waals surface area contributed by atoms with E-state index >= 15 is 0 Å². The number of amides is 1. The Bertz CT molecular complexity index is 1540. The van der Waals surface area contributed by atoms with E-state index in [4.69, 9.17) is 0 Å². The van der Waals surface area contributed by atoms with Crippen molar-refractivity contribution < 1.29 is 13.2 Å². The number of carbonyl (C=O) groups is 1. The van der Waals surface area contributed by atoms with Gasteiger partial charge < -0.3 is 9.88 Å². The summed E-state index contributed by atoms with van der Waals surface area (Å²) in [6.45, 7) is 5.63. The van der Waals surface area contributed by atoms with E-state index in [2.05, 4.69) is 5.32 Å². The molecule has 174 valence electrons. The summed E-state index contributed by atoms with van der Waals surface area (Å²) in [4.78, 5) is 25.9. The molecule has 1 N–H and O–H groups in total. The van der Waals surface area contributed by atoms with Crippen LogP contribution in [0.5, 0.6) is 0 Å². The average molecular weight is 475 g/mol. The first-order chi connectivity index (χ1) is 16.2. The molecule has 1 heterocycles. The first-order valence-electron chi connectivity index (χ1n) is 11.0. The first-order valence-corrected chi connectivity index (χ1v) is 12.5. The third-order valence-corrected chi connectivity index (χ3v) is 7.55. The number of hydrogen-bond acceptors (Lipinski definition) is 4. The third-order valence-electron chi connectivity index (χ3n) is 5.79. The van der Waals surface area contributed by atoms with Crippen LogP contribution in [0.15, 0.2) is 87.5 Å². The van der Waals surface area contributed by atoms with Crippen molar-refractivity contribution in [3.05, 3.63) is 99.8 Å². The van der Waals surface area contributed by atoms with E-state index in [-0.39, 0.29) is 27.6 Å². The second-order valence-electron chi connectivity index (χ2n) is 8.39. The van der Waals surface area contributed by atoms with Crippen molar-refractivity contribution in [2.75, 3.05) is 5.32 Å². The van der Waals surface area contributed by atoms with E-state index in [0.717, 1.165) is 16.7 Å². The van der Waals surface area contributed by atoms with Gasteiger partial charge in [-0.1, -0.05) is 48.4 Å². The minimum Gasteiger partial charge on any atom is -0.336 e. The Morgan fingerprint density at radius 1 is 0.912 bits per heavy atom. The monoisotopic (exact) mass is 474 g/mol. The van der Waals surface area contributed by atoms with E-state index in [1.54, 1.807) is 36.4 Å². The SMILES string of the molecule is CCc1ccc2c(c1)c(=O)c(S(=O)(=O)c1ccc(C)cc1)cn2CC(=O)Nc1ccc(C)cc1. The second kappa shape index (κ2) is 9.27. The summed E-state index contributed by atoms with van der Waals surface area (Å²) in [5, 5.41) is 3.10. The molecule has 4 rings (SSSR count). The lowest BCUT2D eigenvalue weighted by atomic mass is 10.1. The van der Waals surface area contributed by atoms with E-state index in [9.17, 15) is 18.0 Å². The molecule has 3 aromatic carbocycles. The molecule has 0 saturated carbocycles. The number of hydrogen-bond donors (Lipinski definition) is 1. The molecule has 34 heavy (non-hydrogen) atoms. The minimum atomic E-state index is -4.08. The van der Waals surface area contributed by atoms with Gasteiger partial charge in [0.25, 0.3) is 0 Å². The number of fused-ring (bicyclic) bond motifs is 1. The summed E-state index contributed by atoms with van der Waals surface area (Å²) in [6.07, 6.45) is 1.97. The molecule has 0 atom stereocenters. The molecule has 0 saturated heterocycles. The van der Waals surface area contributed by atoms with Crippen molar-refractivity contribution in [1.82, 2.24) is 4.57 Å². The van der Waals surface area contributed by atoms with Crippen LogP contribution in [0.1, 0.15) is 23.6 Å². The van der Waals surface area contributed by atoms with E-state index in [1.165, 1.54) is 22.9 Å². The number of nitrogens with zero attached hydrogens (tertiary/aromatic N) is 1. The summed E-state index contributed by atoms with van der Waals surface area (Å²) < 4.78 is 28.4. The second-order valence-corrected chi connectivity index (χ2v) is 10.3. The number of carbonyl (C=O) groups excluding carboxylic acids is 1. The highest BCUT2D eigenvalue weighted by Crippen LogP contribution is 2.23. The van der Waals surface area contributed by atoms with Crippen LogP contribution in [-0.2, 0) is 27.6 Å². The lowest BCUT2D eigenvalue weighted by Crippen LogP contribution is -2.24. The Kier molecular flexibility index (Phi) is 6.39. The molecule has 1 aromatic heterocycles. The van der Waals surface area contributed by atoms with Crippen LogP contribution in [0.4, 0.5) is 5.69 Å². The third kappa shape index (κ3) is 4.65. The number of aromatic nitrogens is 1. The maximum absolute atomic E-state index is 13.4. The Hall–Kier alpha value is -3.71. The zero-order chi connectivity index (χ0) is 24.5. The average Bonchev–Trinajstić information content (AvgIpc) is 2.82. The zero-order valence-electron chi connectivity index (χ0n) is 19.3. The standard InChI is InChI=1S/C27H26N2O4S/c1-4-20-9-14-24-23(15-20)27(31)25(34(32,33)22-12-7-19(3)8-13-22)16-29(24)17-26(30)28-21-10-5-18(2)6-11-21/h5-16H,4,17H2,1-3H3,(H,28,30). The Labute approximate surface area is 198 Å². The van der Waals surface area contributed by atoms with Crippen molar-refractivity contribution in [3.63, 3.8) is 0 Å². The Morgan fingerprint density at radius 3 is 2.15 bits per heavy atom. The van der Waals surface area contributed by atoms with Crippen LogP contribution in [0.2, 0.25) is 0 Å². The molecule has 0 aliphatic rings. The van der Waals surface area contributed by atoms with Gasteiger partial charge in [-0.15, -0.1) is 0 Å². The number of anilines is 1. The number of aryl methyl sites for hydroxylation is 3. The van der Waals surface area contributed by atoms with Gasteiger partial charge in [-0.25, -0.2) is 8.42 Å². The van der Waals surface area contributed by atoms with Crippen LogP contribution < -0.4 is 10.7 Å². The van der Waals surface area contributed by atoms with Gasteiger partial charge in [0.2, 0.25) is 21.2 Å². The summed E-state index contributed by atoms with van der Waals surface area (Å²) >= 11 is 0. The molecule has 0 aliphatic heterocycles. The predicted molar refractivity (Wildman–Crippen MR) is 134 cm³/mol. The van der Waals surface area contributed by atoms with Crippen LogP contribution in [0.3, 0.4) is 0 Å². The molecular weight excluding hydrogens is 448 g/mol. The molecule has 6 nitrogen and oxygen atoms in total.